The van der Waals surface area contributed by atoms with Crippen molar-refractivity contribution in [2.24, 2.45) is 0 Å². The smallest absolute Gasteiger partial charge is 0.126 e. The van der Waals surface area contributed by atoms with E-state index < -0.39 is 7.92 Å². The molecule has 0 bridgehead atoms. The van der Waals surface area contributed by atoms with Crippen LogP contribution in [0, 0.1) is 0 Å². The van der Waals surface area contributed by atoms with Gasteiger partial charge in [0.2, 0.25) is 0 Å². The molecule has 4 aromatic rings. The molecule has 2 atom stereocenters. The van der Waals surface area contributed by atoms with Crippen molar-refractivity contribution in [1.29, 1.82) is 0 Å². The number of rotatable bonds is 8. The van der Waals surface area contributed by atoms with Gasteiger partial charge in [-0.25, -0.2) is 0 Å². The van der Waals surface area contributed by atoms with E-state index in [0.29, 0.717) is 0 Å². The quantitative estimate of drug-likeness (QED) is 0.360. The summed E-state index contributed by atoms with van der Waals surface area (Å²) in [5.74, 6) is 0.957. The molecule has 0 aliphatic heterocycles. The summed E-state index contributed by atoms with van der Waals surface area (Å²) < 4.78 is 5.75. The van der Waals surface area contributed by atoms with E-state index in [2.05, 4.69) is 108 Å². The van der Waals surface area contributed by atoms with Gasteiger partial charge in [0.15, 0.2) is 0 Å². The molecular formula is C27H26NOP. The first kappa shape index (κ1) is 20.2. The molecule has 0 amide bonds. The third-order valence-corrected chi connectivity index (χ3v) is 7.73. The summed E-state index contributed by atoms with van der Waals surface area (Å²) in [6.45, 7) is 0. The molecule has 150 valence electrons. The number of hydrogen-bond acceptors (Lipinski definition) is 2. The average Bonchev–Trinajstić information content (AvgIpc) is 2.83. The lowest BCUT2D eigenvalue weighted by atomic mass is 10.1. The van der Waals surface area contributed by atoms with E-state index in [-0.39, 0.29) is 6.04 Å². The van der Waals surface area contributed by atoms with Crippen molar-refractivity contribution < 1.29 is 4.74 Å². The fourth-order valence-corrected chi connectivity index (χ4v) is 6.22. The molecule has 0 spiro atoms. The van der Waals surface area contributed by atoms with E-state index >= 15 is 0 Å². The van der Waals surface area contributed by atoms with Gasteiger partial charge in [-0.2, -0.15) is 0 Å². The third-order valence-electron chi connectivity index (χ3n) is 5.13. The zero-order chi connectivity index (χ0) is 20.6. The lowest BCUT2D eigenvalue weighted by molar-refractivity contribution is 0.418. The van der Waals surface area contributed by atoms with E-state index in [1.54, 1.807) is 7.11 Å². The van der Waals surface area contributed by atoms with Gasteiger partial charge in [0.25, 0.3) is 0 Å². The minimum absolute atomic E-state index is 0.185. The molecule has 30 heavy (non-hydrogen) atoms. The topological polar surface area (TPSA) is 21.3 Å². The fourth-order valence-electron chi connectivity index (χ4n) is 3.64. The fraction of sp³-hybridized carbons (Fsp3) is 0.111. The minimum atomic E-state index is -0.624. The Hall–Kier alpha value is -3.09. The van der Waals surface area contributed by atoms with Crippen LogP contribution >= 0.6 is 7.92 Å². The van der Waals surface area contributed by atoms with Gasteiger partial charge < -0.3 is 10.1 Å². The number of anilines is 1. The van der Waals surface area contributed by atoms with Crippen LogP contribution in [0.4, 0.5) is 5.69 Å². The number of benzene rings is 4. The maximum atomic E-state index is 5.75. The van der Waals surface area contributed by atoms with Gasteiger partial charge in [-0.1, -0.05) is 97.1 Å². The molecule has 0 heterocycles. The van der Waals surface area contributed by atoms with Crippen molar-refractivity contribution in [3.05, 3.63) is 121 Å². The molecule has 2 nitrogen and oxygen atoms in total. The van der Waals surface area contributed by atoms with E-state index in [9.17, 15) is 0 Å². The maximum absolute atomic E-state index is 5.75. The van der Waals surface area contributed by atoms with Crippen LogP contribution in [0.3, 0.4) is 0 Å². The highest BCUT2D eigenvalue weighted by Crippen LogP contribution is 2.41. The molecule has 0 aromatic heterocycles. The van der Waals surface area contributed by atoms with Crippen molar-refractivity contribution in [3.8, 4) is 5.75 Å². The molecule has 0 radical (unpaired) electrons. The highest BCUT2D eigenvalue weighted by Gasteiger charge is 2.23. The van der Waals surface area contributed by atoms with Crippen LogP contribution in [0.15, 0.2) is 115 Å². The van der Waals surface area contributed by atoms with E-state index in [4.69, 9.17) is 4.74 Å². The van der Waals surface area contributed by atoms with E-state index in [1.165, 1.54) is 16.2 Å². The summed E-state index contributed by atoms with van der Waals surface area (Å²) in [5, 5.41) is 6.41. The van der Waals surface area contributed by atoms with Gasteiger partial charge >= 0.3 is 0 Å². The Kier molecular flexibility index (Phi) is 6.79. The first-order chi connectivity index (χ1) is 14.8. The Labute approximate surface area is 180 Å². The summed E-state index contributed by atoms with van der Waals surface area (Å²) in [6.07, 6.45) is 0.971. The average molecular weight is 411 g/mol. The first-order valence-corrected chi connectivity index (χ1v) is 11.7. The van der Waals surface area contributed by atoms with E-state index in [1.807, 2.05) is 12.1 Å². The Balaban J connectivity index is 1.74. The molecule has 0 unspecified atom stereocenters. The van der Waals surface area contributed by atoms with Gasteiger partial charge in [0, 0.05) is 17.2 Å². The molecule has 0 aliphatic carbocycles. The zero-order valence-electron chi connectivity index (χ0n) is 17.1. The lowest BCUT2D eigenvalue weighted by Crippen LogP contribution is -2.22. The molecule has 4 aromatic carbocycles. The number of para-hydroxylation sites is 2. The maximum Gasteiger partial charge on any atom is 0.126 e. The van der Waals surface area contributed by atoms with Gasteiger partial charge in [0.05, 0.1) is 13.2 Å². The second-order valence-electron chi connectivity index (χ2n) is 7.09. The third kappa shape index (κ3) is 4.90. The molecule has 0 fully saturated rings. The SMILES string of the molecule is COc1ccccc1[P@@](C[C@@H](Nc1ccccc1)c1ccccc1)c1ccccc1. The molecular weight excluding hydrogens is 385 g/mol. The second-order valence-corrected chi connectivity index (χ2v) is 9.31. The van der Waals surface area contributed by atoms with Crippen molar-refractivity contribution in [1.82, 2.24) is 0 Å². The molecule has 0 aliphatic rings. The molecule has 1 N–H and O–H groups in total. The van der Waals surface area contributed by atoms with Crippen LogP contribution in [-0.4, -0.2) is 13.3 Å². The van der Waals surface area contributed by atoms with Crippen LogP contribution in [0.25, 0.3) is 0 Å². The Bertz CT molecular complexity index is 1040. The lowest BCUT2D eigenvalue weighted by Gasteiger charge is -2.28. The standard InChI is InChI=1S/C27H26NOP/c1-29-26-19-11-12-20-27(26)30(24-17-9-4-10-18-24)21-25(22-13-5-2-6-14-22)28-23-15-7-3-8-16-23/h2-20,25,28H,21H2,1H3/t25-,30+/m1/s1. The van der Waals surface area contributed by atoms with Crippen molar-refractivity contribution >= 4 is 24.2 Å². The molecule has 3 heteroatoms. The number of methoxy groups -OCH3 is 1. The molecule has 0 saturated carbocycles. The molecule has 0 saturated heterocycles. The van der Waals surface area contributed by atoms with Crippen LogP contribution in [0.2, 0.25) is 0 Å². The highest BCUT2D eigenvalue weighted by atomic mass is 31.1. The zero-order valence-corrected chi connectivity index (χ0v) is 18.0. The number of nitrogens with one attached hydrogen (secondary N) is 1. The van der Waals surface area contributed by atoms with Gasteiger partial charge in [0.1, 0.15) is 5.75 Å². The summed E-state index contributed by atoms with van der Waals surface area (Å²) in [4.78, 5) is 0. The van der Waals surface area contributed by atoms with Crippen molar-refractivity contribution in [2.75, 3.05) is 18.6 Å². The summed E-state index contributed by atoms with van der Waals surface area (Å²) >= 11 is 0. The van der Waals surface area contributed by atoms with Gasteiger partial charge in [-0.05, 0) is 37.0 Å². The Morgan fingerprint density at radius 1 is 0.700 bits per heavy atom. The normalized spacial score (nSPS) is 12.7. The predicted molar refractivity (Wildman–Crippen MR) is 130 cm³/mol. The van der Waals surface area contributed by atoms with Crippen LogP contribution in [0.1, 0.15) is 11.6 Å². The first-order valence-electron chi connectivity index (χ1n) is 10.2. The largest absolute Gasteiger partial charge is 0.496 e. The van der Waals surface area contributed by atoms with Crippen LogP contribution < -0.4 is 20.7 Å². The highest BCUT2D eigenvalue weighted by molar-refractivity contribution is 7.73. The monoisotopic (exact) mass is 411 g/mol. The molecule has 4 rings (SSSR count). The summed E-state index contributed by atoms with van der Waals surface area (Å²) in [5.41, 5.74) is 2.43. The minimum Gasteiger partial charge on any atom is -0.496 e. The predicted octanol–water partition coefficient (Wildman–Crippen LogP) is 5.98. The van der Waals surface area contributed by atoms with E-state index in [0.717, 1.165) is 17.6 Å². The van der Waals surface area contributed by atoms with Crippen molar-refractivity contribution in [3.63, 3.8) is 0 Å². The Morgan fingerprint density at radius 2 is 1.27 bits per heavy atom. The van der Waals surface area contributed by atoms with Crippen LogP contribution in [-0.2, 0) is 0 Å². The van der Waals surface area contributed by atoms with Crippen LogP contribution in [0.5, 0.6) is 5.75 Å². The number of ether oxygens (including phenoxy) is 1. The number of hydrogen-bond donors (Lipinski definition) is 1. The Morgan fingerprint density at radius 3 is 1.93 bits per heavy atom. The second kappa shape index (κ2) is 10.1. The summed E-state index contributed by atoms with van der Waals surface area (Å²) in [6, 6.07) is 40.6. The van der Waals surface area contributed by atoms with Gasteiger partial charge in [-0.3, -0.25) is 0 Å². The van der Waals surface area contributed by atoms with Gasteiger partial charge in [-0.15, -0.1) is 0 Å². The summed E-state index contributed by atoms with van der Waals surface area (Å²) in [7, 11) is 1.13. The van der Waals surface area contributed by atoms with Crippen molar-refractivity contribution in [2.45, 2.75) is 6.04 Å².